The minimum atomic E-state index is -0.871. The molecule has 3 aromatic rings. The van der Waals surface area contributed by atoms with Gasteiger partial charge in [0, 0.05) is 24.6 Å². The third kappa shape index (κ3) is 5.92. The van der Waals surface area contributed by atoms with Gasteiger partial charge in [0.25, 0.3) is 5.91 Å². The Morgan fingerprint density at radius 1 is 1.11 bits per heavy atom. The van der Waals surface area contributed by atoms with Crippen LogP contribution in [0, 0.1) is 0 Å². The van der Waals surface area contributed by atoms with Gasteiger partial charge in [0.2, 0.25) is 5.91 Å². The third-order valence-corrected chi connectivity index (χ3v) is 5.85. The lowest BCUT2D eigenvalue weighted by Crippen LogP contribution is -2.52. The molecule has 2 aromatic carbocycles. The summed E-state index contributed by atoms with van der Waals surface area (Å²) in [5, 5.41) is 15.5. The van der Waals surface area contributed by atoms with Crippen molar-refractivity contribution in [3.8, 4) is 0 Å². The number of nitrogens with one attached hydrogen (secondary N) is 2. The molecule has 10 heteroatoms. The van der Waals surface area contributed by atoms with Gasteiger partial charge in [0.05, 0.1) is 12.6 Å². The maximum atomic E-state index is 13.3. The number of aromatic nitrogens is 2. The number of rotatable bonds is 8. The Morgan fingerprint density at radius 3 is 2.46 bits per heavy atom. The first kappa shape index (κ1) is 24.1. The van der Waals surface area contributed by atoms with Crippen LogP contribution in [0.5, 0.6) is 0 Å². The highest BCUT2D eigenvalue weighted by atomic mass is 16.5. The fraction of sp³-hybridized carbons (Fsp3) is 0.280. The van der Waals surface area contributed by atoms with Crippen molar-refractivity contribution in [1.82, 2.24) is 20.2 Å². The largest absolute Gasteiger partial charge is 0.394 e. The molecular formula is C25H27N5O5. The van der Waals surface area contributed by atoms with Gasteiger partial charge in [-0.1, -0.05) is 48.5 Å². The quantitative estimate of drug-likeness (QED) is 0.372. The summed E-state index contributed by atoms with van der Waals surface area (Å²) < 4.78 is 7.08. The summed E-state index contributed by atoms with van der Waals surface area (Å²) in [7, 11) is 0. The number of ether oxygens (including phenoxy) is 1. The Balaban J connectivity index is 1.50. The maximum absolute atomic E-state index is 13.3. The molecule has 10 nitrogen and oxygen atoms in total. The van der Waals surface area contributed by atoms with Crippen molar-refractivity contribution < 1.29 is 19.4 Å². The molecule has 35 heavy (non-hydrogen) atoms. The molecule has 2 amide bonds. The lowest BCUT2D eigenvalue weighted by molar-refractivity contribution is -0.124. The fourth-order valence-corrected chi connectivity index (χ4v) is 4.04. The molecule has 0 unspecified atom stereocenters. The first-order valence-corrected chi connectivity index (χ1v) is 11.3. The summed E-state index contributed by atoms with van der Waals surface area (Å²) in [5.41, 5.74) is 6.28. The molecule has 2 heterocycles. The van der Waals surface area contributed by atoms with Crippen LogP contribution >= 0.6 is 0 Å². The average Bonchev–Trinajstić information content (AvgIpc) is 3.27. The van der Waals surface area contributed by atoms with Crippen molar-refractivity contribution in [1.29, 1.82) is 0 Å². The molecule has 0 aliphatic carbocycles. The van der Waals surface area contributed by atoms with Crippen LogP contribution in [0.4, 0.5) is 5.82 Å². The lowest BCUT2D eigenvalue weighted by atomic mass is 10.0. The zero-order chi connectivity index (χ0) is 24.8. The van der Waals surface area contributed by atoms with Crippen molar-refractivity contribution >= 4 is 17.6 Å². The monoisotopic (exact) mass is 477 g/mol. The summed E-state index contributed by atoms with van der Waals surface area (Å²) in [5.74, 6) is -0.709. The van der Waals surface area contributed by atoms with Crippen molar-refractivity contribution in [2.24, 2.45) is 0 Å². The zero-order valence-electron chi connectivity index (χ0n) is 18.9. The summed E-state index contributed by atoms with van der Waals surface area (Å²) in [6, 6.07) is 18.0. The number of hydrogen-bond donors (Lipinski definition) is 4. The number of anilines is 1. The predicted molar refractivity (Wildman–Crippen MR) is 128 cm³/mol. The lowest BCUT2D eigenvalue weighted by Gasteiger charge is -2.23. The van der Waals surface area contributed by atoms with Crippen molar-refractivity contribution in [3.63, 3.8) is 0 Å². The molecule has 4 atom stereocenters. The van der Waals surface area contributed by atoms with E-state index in [2.05, 4.69) is 15.6 Å². The molecule has 5 N–H and O–H groups in total. The molecule has 1 fully saturated rings. The van der Waals surface area contributed by atoms with Crippen LogP contribution in [-0.2, 0) is 16.0 Å². The van der Waals surface area contributed by atoms with Crippen LogP contribution in [0.15, 0.2) is 77.7 Å². The molecule has 0 saturated carbocycles. The highest BCUT2D eigenvalue weighted by molar-refractivity contribution is 5.97. The minimum Gasteiger partial charge on any atom is -0.394 e. The third-order valence-electron chi connectivity index (χ3n) is 5.85. The normalized spacial score (nSPS) is 20.2. The number of hydrogen-bond acceptors (Lipinski definition) is 7. The Morgan fingerprint density at radius 2 is 1.80 bits per heavy atom. The van der Waals surface area contributed by atoms with E-state index in [0.29, 0.717) is 5.56 Å². The molecular weight excluding hydrogens is 450 g/mol. The number of nitrogens with two attached hydrogens (primary N) is 1. The van der Waals surface area contributed by atoms with Gasteiger partial charge in [-0.2, -0.15) is 4.98 Å². The van der Waals surface area contributed by atoms with Gasteiger partial charge in [-0.15, -0.1) is 0 Å². The van der Waals surface area contributed by atoms with Gasteiger partial charge in [-0.05, 0) is 23.8 Å². The molecule has 0 spiro atoms. The van der Waals surface area contributed by atoms with E-state index in [0.717, 1.165) is 5.56 Å². The molecule has 0 radical (unpaired) electrons. The Bertz CT molecular complexity index is 1220. The number of carbonyl (C=O) groups excluding carboxylic acids is 2. The number of benzene rings is 2. The van der Waals surface area contributed by atoms with E-state index in [4.69, 9.17) is 10.5 Å². The van der Waals surface area contributed by atoms with Gasteiger partial charge in [0.1, 0.15) is 24.2 Å². The standard InChI is InChI=1S/C25H27N5O5/c26-21-11-12-30(25(34)29-21)22-14-18(20(15-31)35-22)27-24(33)19(13-16-7-3-1-4-8-16)28-23(32)17-9-5-2-6-10-17/h1-12,18-20,22,31H,13-15H2,(H,27,33)(H,28,32)(H2,26,29,34)/t18-,19-,20+,22+/m0/s1. The summed E-state index contributed by atoms with van der Waals surface area (Å²) in [6.45, 7) is -0.363. The van der Waals surface area contributed by atoms with E-state index in [1.165, 1.54) is 16.8 Å². The van der Waals surface area contributed by atoms with E-state index in [-0.39, 0.29) is 31.2 Å². The van der Waals surface area contributed by atoms with Gasteiger partial charge in [0.15, 0.2) is 0 Å². The van der Waals surface area contributed by atoms with Crippen molar-refractivity contribution in [3.05, 3.63) is 94.5 Å². The first-order valence-electron chi connectivity index (χ1n) is 11.3. The average molecular weight is 478 g/mol. The first-order chi connectivity index (χ1) is 16.9. The van der Waals surface area contributed by atoms with Crippen LogP contribution in [0.2, 0.25) is 0 Å². The predicted octanol–water partition coefficient (Wildman–Crippen LogP) is 0.631. The van der Waals surface area contributed by atoms with E-state index >= 15 is 0 Å². The Kier molecular flexibility index (Phi) is 7.54. The Labute approximate surface area is 201 Å². The van der Waals surface area contributed by atoms with E-state index in [1.54, 1.807) is 30.3 Å². The topological polar surface area (TPSA) is 149 Å². The van der Waals surface area contributed by atoms with Gasteiger partial charge < -0.3 is 26.2 Å². The fourth-order valence-electron chi connectivity index (χ4n) is 4.04. The van der Waals surface area contributed by atoms with Crippen LogP contribution in [0.3, 0.4) is 0 Å². The second-order valence-corrected chi connectivity index (χ2v) is 8.29. The van der Waals surface area contributed by atoms with Crippen LogP contribution < -0.4 is 22.1 Å². The molecule has 0 bridgehead atoms. The SMILES string of the molecule is Nc1ccn([C@H]2C[C@H](NC(=O)[C@H](Cc3ccccc3)NC(=O)c3ccccc3)[C@@H](CO)O2)c(=O)n1. The second-order valence-electron chi connectivity index (χ2n) is 8.29. The van der Waals surface area contributed by atoms with E-state index in [1.807, 2.05) is 30.3 Å². The number of aliphatic hydroxyl groups is 1. The van der Waals surface area contributed by atoms with E-state index < -0.39 is 36.0 Å². The van der Waals surface area contributed by atoms with E-state index in [9.17, 15) is 19.5 Å². The van der Waals surface area contributed by atoms with Crippen LogP contribution in [0.25, 0.3) is 0 Å². The molecule has 1 aliphatic rings. The highest BCUT2D eigenvalue weighted by Crippen LogP contribution is 2.27. The summed E-state index contributed by atoms with van der Waals surface area (Å²) in [6.07, 6.45) is 0.493. The summed E-state index contributed by atoms with van der Waals surface area (Å²) in [4.78, 5) is 42.0. The van der Waals surface area contributed by atoms with Gasteiger partial charge in [-0.3, -0.25) is 14.2 Å². The smallest absolute Gasteiger partial charge is 0.351 e. The molecule has 1 aromatic heterocycles. The summed E-state index contributed by atoms with van der Waals surface area (Å²) >= 11 is 0. The molecule has 182 valence electrons. The van der Waals surface area contributed by atoms with Crippen molar-refractivity contribution in [2.45, 2.75) is 37.3 Å². The number of carbonyl (C=O) groups is 2. The minimum absolute atomic E-state index is 0.0886. The Hall–Kier alpha value is -4.02. The molecule has 1 aliphatic heterocycles. The number of nitrogen functional groups attached to an aromatic ring is 1. The number of nitrogens with zero attached hydrogens (tertiary/aromatic N) is 2. The van der Waals surface area contributed by atoms with Crippen LogP contribution in [0.1, 0.15) is 28.6 Å². The van der Waals surface area contributed by atoms with Crippen molar-refractivity contribution in [2.75, 3.05) is 12.3 Å². The number of aliphatic hydroxyl groups excluding tert-OH is 1. The van der Waals surface area contributed by atoms with Gasteiger partial charge in [-0.25, -0.2) is 4.79 Å². The second kappa shape index (κ2) is 10.9. The zero-order valence-corrected chi connectivity index (χ0v) is 18.9. The highest BCUT2D eigenvalue weighted by Gasteiger charge is 2.38. The molecule has 4 rings (SSSR count). The maximum Gasteiger partial charge on any atom is 0.351 e. The van der Waals surface area contributed by atoms with Crippen LogP contribution in [-0.4, -0.2) is 51.3 Å². The number of amides is 2. The molecule has 1 saturated heterocycles. The van der Waals surface area contributed by atoms with Gasteiger partial charge >= 0.3 is 5.69 Å².